The number of amides is 1. The van der Waals surface area contributed by atoms with Crippen molar-refractivity contribution in [3.05, 3.63) is 70.6 Å². The number of thiazole rings is 1. The molecular weight excluding hydrogens is 376 g/mol. The van der Waals surface area contributed by atoms with Crippen LogP contribution in [0.2, 0.25) is 0 Å². The smallest absolute Gasteiger partial charge is 0.331 e. The zero-order valence-electron chi connectivity index (χ0n) is 15.8. The van der Waals surface area contributed by atoms with Gasteiger partial charge in [-0.3, -0.25) is 9.69 Å². The third kappa shape index (κ3) is 4.75. The maximum absolute atomic E-state index is 12.2. The van der Waals surface area contributed by atoms with Gasteiger partial charge in [-0.1, -0.05) is 17.7 Å². The largest absolute Gasteiger partial charge is 0.465 e. The maximum atomic E-state index is 12.2. The van der Waals surface area contributed by atoms with Crippen LogP contribution in [0, 0.1) is 13.8 Å². The molecule has 0 spiro atoms. The van der Waals surface area contributed by atoms with E-state index in [0.29, 0.717) is 16.6 Å². The monoisotopic (exact) mass is 396 g/mol. The third-order valence-electron chi connectivity index (χ3n) is 3.93. The van der Waals surface area contributed by atoms with Crippen LogP contribution in [0.1, 0.15) is 29.5 Å². The molecule has 0 fully saturated rings. The summed E-state index contributed by atoms with van der Waals surface area (Å²) in [6.45, 7) is 5.49. The second-order valence-electron chi connectivity index (χ2n) is 6.22. The zero-order chi connectivity index (χ0) is 20.1. The number of ether oxygens (including phenoxy) is 1. The molecule has 0 saturated carbocycles. The minimum atomic E-state index is -0.497. The summed E-state index contributed by atoms with van der Waals surface area (Å²) in [4.78, 5) is 30.1. The van der Waals surface area contributed by atoms with Crippen LogP contribution in [0.25, 0.3) is 6.08 Å². The van der Waals surface area contributed by atoms with E-state index in [2.05, 4.69) is 4.98 Å². The summed E-state index contributed by atoms with van der Waals surface area (Å²) in [5, 5.41) is 2.31. The van der Waals surface area contributed by atoms with Gasteiger partial charge in [0.25, 0.3) is 0 Å². The van der Waals surface area contributed by atoms with E-state index in [4.69, 9.17) is 9.15 Å². The first kappa shape index (κ1) is 19.6. The van der Waals surface area contributed by atoms with Gasteiger partial charge in [0.1, 0.15) is 12.4 Å². The number of furan rings is 1. The highest BCUT2D eigenvalue weighted by atomic mass is 32.1. The highest BCUT2D eigenvalue weighted by Gasteiger charge is 2.20. The minimum absolute atomic E-state index is 0.0243. The molecule has 0 radical (unpaired) electrons. The van der Waals surface area contributed by atoms with E-state index >= 15 is 0 Å². The van der Waals surface area contributed by atoms with Gasteiger partial charge in [-0.25, -0.2) is 9.78 Å². The molecule has 0 atom stereocenters. The molecule has 0 aliphatic heterocycles. The Morgan fingerprint density at radius 2 is 2.11 bits per heavy atom. The summed E-state index contributed by atoms with van der Waals surface area (Å²) in [5.74, 6) is -0.0616. The molecule has 1 aromatic carbocycles. The van der Waals surface area contributed by atoms with Crippen LogP contribution in [0.3, 0.4) is 0 Å². The summed E-state index contributed by atoms with van der Waals surface area (Å²) in [6.07, 6.45) is 4.36. The fraction of sp³-hybridized carbons (Fsp3) is 0.190. The number of benzene rings is 1. The lowest BCUT2D eigenvalue weighted by atomic mass is 10.1. The normalized spacial score (nSPS) is 11.0. The van der Waals surface area contributed by atoms with Crippen LogP contribution >= 0.6 is 11.3 Å². The van der Waals surface area contributed by atoms with Gasteiger partial charge in [0.05, 0.1) is 17.6 Å². The van der Waals surface area contributed by atoms with Gasteiger partial charge in [-0.05, 0) is 43.7 Å². The fourth-order valence-corrected chi connectivity index (χ4v) is 3.52. The second-order valence-corrected chi connectivity index (χ2v) is 7.06. The van der Waals surface area contributed by atoms with Crippen LogP contribution < -0.4 is 4.90 Å². The Kier molecular flexibility index (Phi) is 6.06. The first-order valence-corrected chi connectivity index (χ1v) is 9.52. The highest BCUT2D eigenvalue weighted by molar-refractivity contribution is 7.14. The Labute approximate surface area is 167 Å². The minimum Gasteiger partial charge on any atom is -0.465 e. The van der Waals surface area contributed by atoms with Crippen LogP contribution in [-0.2, 0) is 20.9 Å². The van der Waals surface area contributed by atoms with Crippen molar-refractivity contribution in [2.24, 2.45) is 0 Å². The predicted octanol–water partition coefficient (Wildman–Crippen LogP) is 4.79. The van der Waals surface area contributed by atoms with Crippen molar-refractivity contribution in [3.8, 4) is 0 Å². The van der Waals surface area contributed by atoms with E-state index in [1.165, 1.54) is 36.7 Å². The molecule has 3 aromatic rings. The molecule has 2 aromatic heterocycles. The molecule has 7 heteroatoms. The molecule has 144 valence electrons. The topological polar surface area (TPSA) is 72.6 Å². The van der Waals surface area contributed by atoms with E-state index in [9.17, 15) is 9.59 Å². The van der Waals surface area contributed by atoms with Gasteiger partial charge in [0.15, 0.2) is 5.13 Å². The van der Waals surface area contributed by atoms with Gasteiger partial charge >= 0.3 is 5.97 Å². The van der Waals surface area contributed by atoms with Gasteiger partial charge in [0.2, 0.25) is 5.91 Å². The molecule has 0 aliphatic rings. The maximum Gasteiger partial charge on any atom is 0.331 e. The number of carbonyl (C=O) groups excluding carboxylic acids is 2. The fourth-order valence-electron chi connectivity index (χ4n) is 2.66. The van der Waals surface area contributed by atoms with Crippen molar-refractivity contribution in [1.82, 2.24) is 4.98 Å². The summed E-state index contributed by atoms with van der Waals surface area (Å²) >= 11 is 1.33. The number of carbonyl (C=O) groups is 2. The van der Waals surface area contributed by atoms with Crippen LogP contribution in [0.5, 0.6) is 0 Å². The lowest BCUT2D eigenvalue weighted by molar-refractivity contribution is -0.139. The molecule has 0 bridgehead atoms. The number of anilines is 2. The van der Waals surface area contributed by atoms with E-state index < -0.39 is 5.97 Å². The summed E-state index contributed by atoms with van der Waals surface area (Å²) in [7, 11) is 0. The van der Waals surface area contributed by atoms with Crippen molar-refractivity contribution in [1.29, 1.82) is 0 Å². The standard InChI is InChI=1S/C21H20N2O4S/c1-14-6-8-19(15(2)11-14)23(16(3)24)21-22-17(13-28-21)12-27-20(25)9-7-18-5-4-10-26-18/h4-11,13H,12H2,1-3H3/b9-7+. The van der Waals surface area contributed by atoms with Gasteiger partial charge in [-0.15, -0.1) is 11.3 Å². The average Bonchev–Trinajstić information content (AvgIpc) is 3.32. The second kappa shape index (κ2) is 8.67. The first-order chi connectivity index (χ1) is 13.4. The van der Waals surface area contributed by atoms with Crippen LogP contribution in [0.15, 0.2) is 52.5 Å². The van der Waals surface area contributed by atoms with Gasteiger partial charge in [-0.2, -0.15) is 0 Å². The quantitative estimate of drug-likeness (QED) is 0.442. The summed E-state index contributed by atoms with van der Waals surface area (Å²) < 4.78 is 10.3. The highest BCUT2D eigenvalue weighted by Crippen LogP contribution is 2.31. The third-order valence-corrected chi connectivity index (χ3v) is 4.80. The van der Waals surface area contributed by atoms with Crippen LogP contribution in [-0.4, -0.2) is 16.9 Å². The van der Waals surface area contributed by atoms with E-state index in [1.54, 1.807) is 22.4 Å². The predicted molar refractivity (Wildman–Crippen MR) is 108 cm³/mol. The zero-order valence-corrected chi connectivity index (χ0v) is 16.7. The molecule has 0 aliphatic carbocycles. The van der Waals surface area contributed by atoms with Crippen LogP contribution in [0.4, 0.5) is 10.8 Å². The Morgan fingerprint density at radius 1 is 1.29 bits per heavy atom. The van der Waals surface area contributed by atoms with Gasteiger partial charge < -0.3 is 9.15 Å². The molecule has 1 amide bonds. The Morgan fingerprint density at radius 3 is 2.79 bits per heavy atom. The lowest BCUT2D eigenvalue weighted by Crippen LogP contribution is -2.23. The molecule has 3 rings (SSSR count). The number of nitrogens with zero attached hydrogens (tertiary/aromatic N) is 2. The number of hydrogen-bond acceptors (Lipinski definition) is 6. The Bertz CT molecular complexity index is 1010. The molecule has 6 nitrogen and oxygen atoms in total. The van der Waals surface area contributed by atoms with Crippen molar-refractivity contribution < 1.29 is 18.7 Å². The van der Waals surface area contributed by atoms with Crippen molar-refractivity contribution >= 4 is 40.1 Å². The van der Waals surface area contributed by atoms with E-state index in [0.717, 1.165) is 16.8 Å². The summed E-state index contributed by atoms with van der Waals surface area (Å²) in [6, 6.07) is 9.36. The average molecular weight is 396 g/mol. The summed E-state index contributed by atoms with van der Waals surface area (Å²) in [5.41, 5.74) is 3.48. The number of aryl methyl sites for hydroxylation is 2. The van der Waals surface area contributed by atoms with E-state index in [-0.39, 0.29) is 12.5 Å². The lowest BCUT2D eigenvalue weighted by Gasteiger charge is -2.20. The molecule has 0 saturated heterocycles. The SMILES string of the molecule is CC(=O)N(c1nc(COC(=O)/C=C/c2ccco2)cs1)c1ccc(C)cc1C. The Balaban J connectivity index is 1.69. The molecule has 0 unspecified atom stereocenters. The van der Waals surface area contributed by atoms with E-state index in [1.807, 2.05) is 32.0 Å². The van der Waals surface area contributed by atoms with Crippen molar-refractivity contribution in [3.63, 3.8) is 0 Å². The first-order valence-electron chi connectivity index (χ1n) is 8.65. The molecular formula is C21H20N2O4S. The van der Waals surface area contributed by atoms with Crippen molar-refractivity contribution in [2.75, 3.05) is 4.90 Å². The molecule has 28 heavy (non-hydrogen) atoms. The number of esters is 1. The molecule has 0 N–H and O–H groups in total. The number of hydrogen-bond donors (Lipinski definition) is 0. The van der Waals surface area contributed by atoms with Gasteiger partial charge in [0, 0.05) is 18.4 Å². The molecule has 2 heterocycles. The number of rotatable bonds is 6. The number of aromatic nitrogens is 1. The Hall–Kier alpha value is -3.19. The van der Waals surface area contributed by atoms with Crippen molar-refractivity contribution in [2.45, 2.75) is 27.4 Å².